The summed E-state index contributed by atoms with van der Waals surface area (Å²) in [5.41, 5.74) is 2.85. The molecule has 3 rings (SSSR count). The van der Waals surface area contributed by atoms with Crippen molar-refractivity contribution in [3.8, 4) is 5.75 Å². The SMILES string of the molecule is CC[C@@H]1CN(C(C)C)c2cc(OP)c3ccccc3c21. The molecule has 0 spiro atoms. The zero-order valence-electron chi connectivity index (χ0n) is 12.4. The van der Waals surface area contributed by atoms with E-state index in [0.717, 1.165) is 12.3 Å². The molecule has 0 aliphatic carbocycles. The van der Waals surface area contributed by atoms with Crippen molar-refractivity contribution in [2.45, 2.75) is 39.2 Å². The summed E-state index contributed by atoms with van der Waals surface area (Å²) >= 11 is 0. The molecule has 1 aliphatic rings. The molecule has 0 bridgehead atoms. The fourth-order valence-electron chi connectivity index (χ4n) is 3.36. The van der Waals surface area contributed by atoms with E-state index in [1.165, 1.54) is 28.4 Å². The Hall–Kier alpha value is -1.27. The molecule has 0 N–H and O–H groups in total. The number of fused-ring (bicyclic) bond motifs is 3. The molecule has 0 saturated carbocycles. The number of hydrogen-bond donors (Lipinski definition) is 0. The molecule has 0 fully saturated rings. The van der Waals surface area contributed by atoms with Gasteiger partial charge in [0.05, 0.1) is 9.47 Å². The summed E-state index contributed by atoms with van der Waals surface area (Å²) in [7, 11) is 2.38. The van der Waals surface area contributed by atoms with Gasteiger partial charge in [-0.1, -0.05) is 31.2 Å². The van der Waals surface area contributed by atoms with Gasteiger partial charge in [-0.2, -0.15) is 0 Å². The second-order valence-corrected chi connectivity index (χ2v) is 6.06. The Kier molecular flexibility index (Phi) is 3.60. The van der Waals surface area contributed by atoms with Crippen molar-refractivity contribution in [2.75, 3.05) is 11.4 Å². The minimum absolute atomic E-state index is 0.517. The lowest BCUT2D eigenvalue weighted by Gasteiger charge is -2.25. The second kappa shape index (κ2) is 5.26. The Morgan fingerprint density at radius 2 is 2.00 bits per heavy atom. The number of nitrogens with zero attached hydrogens (tertiary/aromatic N) is 1. The van der Waals surface area contributed by atoms with Gasteiger partial charge in [0.2, 0.25) is 0 Å². The highest BCUT2D eigenvalue weighted by molar-refractivity contribution is 7.10. The molecule has 3 heteroatoms. The van der Waals surface area contributed by atoms with Gasteiger partial charge in [-0.25, -0.2) is 0 Å². The van der Waals surface area contributed by atoms with Gasteiger partial charge in [0.1, 0.15) is 5.75 Å². The fraction of sp³-hybridized carbons (Fsp3) is 0.412. The van der Waals surface area contributed by atoms with Gasteiger partial charge in [0.25, 0.3) is 0 Å². The van der Waals surface area contributed by atoms with Crippen molar-refractivity contribution in [1.29, 1.82) is 0 Å². The van der Waals surface area contributed by atoms with Crippen LogP contribution in [-0.2, 0) is 0 Å². The van der Waals surface area contributed by atoms with Crippen molar-refractivity contribution < 1.29 is 4.52 Å². The summed E-state index contributed by atoms with van der Waals surface area (Å²) in [6.07, 6.45) is 1.18. The summed E-state index contributed by atoms with van der Waals surface area (Å²) in [6, 6.07) is 11.3. The lowest BCUT2D eigenvalue weighted by molar-refractivity contribution is 0.630. The highest BCUT2D eigenvalue weighted by Crippen LogP contribution is 2.46. The number of anilines is 1. The van der Waals surface area contributed by atoms with Gasteiger partial charge in [-0.05, 0) is 31.2 Å². The fourth-order valence-corrected chi connectivity index (χ4v) is 3.56. The Bertz CT molecular complexity index is 638. The molecule has 2 atom stereocenters. The smallest absolute Gasteiger partial charge is 0.132 e. The first-order valence-electron chi connectivity index (χ1n) is 7.36. The summed E-state index contributed by atoms with van der Waals surface area (Å²) in [6.45, 7) is 7.93. The van der Waals surface area contributed by atoms with Gasteiger partial charge in [0.15, 0.2) is 0 Å². The van der Waals surface area contributed by atoms with Crippen molar-refractivity contribution in [3.63, 3.8) is 0 Å². The maximum atomic E-state index is 5.54. The van der Waals surface area contributed by atoms with Crippen LogP contribution >= 0.6 is 9.47 Å². The minimum Gasteiger partial charge on any atom is -0.480 e. The van der Waals surface area contributed by atoms with E-state index in [4.69, 9.17) is 4.52 Å². The molecule has 0 aromatic heterocycles. The monoisotopic (exact) mass is 287 g/mol. The van der Waals surface area contributed by atoms with Crippen LogP contribution in [0.5, 0.6) is 5.75 Å². The van der Waals surface area contributed by atoms with Crippen LogP contribution in [0.15, 0.2) is 30.3 Å². The van der Waals surface area contributed by atoms with E-state index in [0.29, 0.717) is 12.0 Å². The molecule has 0 radical (unpaired) electrons. The zero-order chi connectivity index (χ0) is 14.3. The van der Waals surface area contributed by atoms with E-state index < -0.39 is 0 Å². The summed E-state index contributed by atoms with van der Waals surface area (Å²) in [4.78, 5) is 2.50. The van der Waals surface area contributed by atoms with Crippen molar-refractivity contribution >= 4 is 25.9 Å². The van der Waals surface area contributed by atoms with E-state index >= 15 is 0 Å². The van der Waals surface area contributed by atoms with Crippen LogP contribution in [-0.4, -0.2) is 12.6 Å². The molecule has 1 heterocycles. The lowest BCUT2D eigenvalue weighted by Crippen LogP contribution is -2.29. The quantitative estimate of drug-likeness (QED) is 0.757. The van der Waals surface area contributed by atoms with Crippen molar-refractivity contribution in [3.05, 3.63) is 35.9 Å². The van der Waals surface area contributed by atoms with Crippen molar-refractivity contribution in [2.24, 2.45) is 0 Å². The third-order valence-corrected chi connectivity index (χ3v) is 4.66. The number of hydrogen-bond acceptors (Lipinski definition) is 2. The molecule has 2 aromatic carbocycles. The first-order valence-corrected chi connectivity index (χ1v) is 7.83. The number of rotatable bonds is 3. The molecule has 0 saturated heterocycles. The van der Waals surface area contributed by atoms with Crippen LogP contribution in [0.1, 0.15) is 38.7 Å². The normalized spacial score (nSPS) is 17.9. The second-order valence-electron chi connectivity index (χ2n) is 5.82. The molecular formula is C17H22NOP. The summed E-state index contributed by atoms with van der Waals surface area (Å²) < 4.78 is 5.54. The highest BCUT2D eigenvalue weighted by Gasteiger charge is 2.31. The van der Waals surface area contributed by atoms with Gasteiger partial charge in [-0.3, -0.25) is 0 Å². The summed E-state index contributed by atoms with van der Waals surface area (Å²) in [5, 5.41) is 2.56. The molecule has 20 heavy (non-hydrogen) atoms. The predicted molar refractivity (Wildman–Crippen MR) is 89.8 cm³/mol. The van der Waals surface area contributed by atoms with Gasteiger partial charge >= 0.3 is 0 Å². The molecule has 2 aromatic rings. The molecule has 0 amide bonds. The van der Waals surface area contributed by atoms with Crippen LogP contribution in [0.4, 0.5) is 5.69 Å². The molecule has 1 aliphatic heterocycles. The van der Waals surface area contributed by atoms with E-state index in [2.05, 4.69) is 65.5 Å². The number of benzene rings is 2. The average molecular weight is 287 g/mol. The third kappa shape index (κ3) is 1.98. The third-order valence-electron chi connectivity index (χ3n) is 4.40. The van der Waals surface area contributed by atoms with E-state index in [9.17, 15) is 0 Å². The first kappa shape index (κ1) is 13.7. The molecule has 1 unspecified atom stereocenters. The average Bonchev–Trinajstić information content (AvgIpc) is 2.85. The topological polar surface area (TPSA) is 12.5 Å². The Morgan fingerprint density at radius 3 is 2.60 bits per heavy atom. The van der Waals surface area contributed by atoms with Crippen LogP contribution in [0.25, 0.3) is 10.8 Å². The first-order chi connectivity index (χ1) is 9.67. The standard InChI is InChI=1S/C17H22NOP/c1-4-12-10-18(11(2)3)15-9-16(19-20)13-7-5-6-8-14(13)17(12)15/h5-9,11-12H,4,10,20H2,1-3H3/t12-/m1/s1. The highest BCUT2D eigenvalue weighted by atomic mass is 31.0. The van der Waals surface area contributed by atoms with Crippen LogP contribution in [0.2, 0.25) is 0 Å². The lowest BCUT2D eigenvalue weighted by atomic mass is 9.93. The maximum Gasteiger partial charge on any atom is 0.132 e. The van der Waals surface area contributed by atoms with Crippen molar-refractivity contribution in [1.82, 2.24) is 0 Å². The Labute approximate surface area is 123 Å². The van der Waals surface area contributed by atoms with E-state index in [-0.39, 0.29) is 0 Å². The predicted octanol–water partition coefficient (Wildman–Crippen LogP) is 4.73. The van der Waals surface area contributed by atoms with E-state index in [1.807, 2.05) is 0 Å². The van der Waals surface area contributed by atoms with Gasteiger partial charge < -0.3 is 9.42 Å². The Morgan fingerprint density at radius 1 is 1.30 bits per heavy atom. The zero-order valence-corrected chi connectivity index (χ0v) is 13.5. The summed E-state index contributed by atoms with van der Waals surface area (Å²) in [5.74, 6) is 1.57. The van der Waals surface area contributed by atoms with Crippen LogP contribution < -0.4 is 9.42 Å². The molecule has 2 nitrogen and oxygen atoms in total. The largest absolute Gasteiger partial charge is 0.480 e. The van der Waals surface area contributed by atoms with Crippen LogP contribution in [0, 0.1) is 0 Å². The Balaban J connectivity index is 2.31. The molecular weight excluding hydrogens is 265 g/mol. The van der Waals surface area contributed by atoms with Gasteiger partial charge in [-0.15, -0.1) is 0 Å². The van der Waals surface area contributed by atoms with Crippen LogP contribution in [0.3, 0.4) is 0 Å². The molecule has 106 valence electrons. The van der Waals surface area contributed by atoms with E-state index in [1.54, 1.807) is 0 Å². The minimum atomic E-state index is 0.517. The maximum absolute atomic E-state index is 5.54. The van der Waals surface area contributed by atoms with Gasteiger partial charge in [0, 0.05) is 35.6 Å².